The van der Waals surface area contributed by atoms with E-state index in [0.717, 1.165) is 38.8 Å². The monoisotopic (exact) mass is 294 g/mol. The second-order valence-electron chi connectivity index (χ2n) is 5.66. The van der Waals surface area contributed by atoms with Crippen LogP contribution in [0.25, 0.3) is 0 Å². The highest BCUT2D eigenvalue weighted by Crippen LogP contribution is 2.34. The summed E-state index contributed by atoms with van der Waals surface area (Å²) in [5.74, 6) is 0. The number of amides is 2. The molecule has 5 heteroatoms. The minimum absolute atomic E-state index is 0.0592. The van der Waals surface area contributed by atoms with Crippen molar-refractivity contribution in [2.75, 3.05) is 13.2 Å². The number of ether oxygens (including phenoxy) is 1. The van der Waals surface area contributed by atoms with Gasteiger partial charge in [0.15, 0.2) is 0 Å². The van der Waals surface area contributed by atoms with Crippen molar-refractivity contribution in [1.29, 1.82) is 0 Å². The summed E-state index contributed by atoms with van der Waals surface area (Å²) in [4.78, 5) is 15.8. The summed E-state index contributed by atoms with van der Waals surface area (Å²) < 4.78 is 5.65. The first kappa shape index (κ1) is 13.9. The van der Waals surface area contributed by atoms with Crippen molar-refractivity contribution >= 4 is 17.4 Å². The van der Waals surface area contributed by atoms with Gasteiger partial charge in [-0.05, 0) is 44.1 Å². The van der Waals surface area contributed by atoms with Crippen LogP contribution in [0.1, 0.15) is 43.5 Å². The van der Waals surface area contributed by atoms with Crippen LogP contribution in [-0.2, 0) is 4.74 Å². The van der Waals surface area contributed by atoms with Crippen LogP contribution in [0.2, 0.25) is 0 Å². The number of rotatable bonds is 3. The Morgan fingerprint density at radius 2 is 2.40 bits per heavy atom. The summed E-state index contributed by atoms with van der Waals surface area (Å²) in [5, 5.41) is 5.20. The summed E-state index contributed by atoms with van der Waals surface area (Å²) in [7, 11) is 0. The lowest BCUT2D eigenvalue weighted by atomic mass is 10.1. The molecule has 3 atom stereocenters. The van der Waals surface area contributed by atoms with E-state index in [0.29, 0.717) is 0 Å². The van der Waals surface area contributed by atoms with Crippen LogP contribution in [0.5, 0.6) is 0 Å². The van der Waals surface area contributed by atoms with Crippen LogP contribution in [0, 0.1) is 0 Å². The molecule has 3 rings (SSSR count). The predicted molar refractivity (Wildman–Crippen MR) is 80.0 cm³/mol. The Morgan fingerprint density at radius 1 is 1.50 bits per heavy atom. The van der Waals surface area contributed by atoms with Gasteiger partial charge in [-0.1, -0.05) is 6.07 Å². The molecule has 1 aromatic heterocycles. The zero-order valence-electron chi connectivity index (χ0n) is 11.9. The topological polar surface area (TPSA) is 41.6 Å². The van der Waals surface area contributed by atoms with E-state index in [1.54, 1.807) is 11.3 Å². The number of thiophene rings is 1. The fourth-order valence-corrected chi connectivity index (χ4v) is 4.03. The molecule has 0 aliphatic carbocycles. The predicted octanol–water partition coefficient (Wildman–Crippen LogP) is 3.16. The van der Waals surface area contributed by atoms with Crippen molar-refractivity contribution in [1.82, 2.24) is 10.2 Å². The highest BCUT2D eigenvalue weighted by atomic mass is 32.1. The van der Waals surface area contributed by atoms with Crippen LogP contribution in [0.15, 0.2) is 17.5 Å². The number of hydrogen-bond acceptors (Lipinski definition) is 3. The second-order valence-corrected chi connectivity index (χ2v) is 6.64. The Labute approximate surface area is 124 Å². The largest absolute Gasteiger partial charge is 0.376 e. The van der Waals surface area contributed by atoms with Gasteiger partial charge in [0, 0.05) is 18.0 Å². The Kier molecular flexibility index (Phi) is 4.27. The summed E-state index contributed by atoms with van der Waals surface area (Å²) in [6.45, 7) is 3.73. The summed E-state index contributed by atoms with van der Waals surface area (Å²) >= 11 is 1.74. The Morgan fingerprint density at radius 3 is 3.10 bits per heavy atom. The smallest absolute Gasteiger partial charge is 0.318 e. The number of nitrogens with zero attached hydrogens (tertiary/aromatic N) is 1. The molecule has 2 aliphatic rings. The average Bonchev–Trinajstić information content (AvgIpc) is 3.19. The molecule has 1 aromatic rings. The molecule has 4 nitrogen and oxygen atoms in total. The normalized spacial score (nSPS) is 27.8. The van der Waals surface area contributed by atoms with Gasteiger partial charge in [-0.25, -0.2) is 4.79 Å². The molecule has 3 unspecified atom stereocenters. The maximum atomic E-state index is 12.5. The minimum Gasteiger partial charge on any atom is -0.376 e. The lowest BCUT2D eigenvalue weighted by Crippen LogP contribution is -2.47. The third-order valence-electron chi connectivity index (χ3n) is 4.26. The molecule has 1 N–H and O–H groups in total. The minimum atomic E-state index is 0.0592. The molecule has 2 fully saturated rings. The van der Waals surface area contributed by atoms with Gasteiger partial charge >= 0.3 is 6.03 Å². The van der Waals surface area contributed by atoms with Crippen LogP contribution in [0.3, 0.4) is 0 Å². The molecule has 2 amide bonds. The van der Waals surface area contributed by atoms with Crippen molar-refractivity contribution in [2.45, 2.75) is 50.8 Å². The van der Waals surface area contributed by atoms with Gasteiger partial charge in [0.05, 0.1) is 18.2 Å². The molecule has 0 bridgehead atoms. The lowest BCUT2D eigenvalue weighted by molar-refractivity contribution is 0.0829. The standard InChI is InChI=1S/C15H22N2O2S/c1-11(13-6-3-9-19-13)16-15(18)17-8-2-5-12(17)14-7-4-10-20-14/h4,7,10-13H,2-3,5-6,8-9H2,1H3,(H,16,18). The number of carbonyl (C=O) groups excluding carboxylic acids is 1. The van der Waals surface area contributed by atoms with Gasteiger partial charge in [0.1, 0.15) is 0 Å². The fraction of sp³-hybridized carbons (Fsp3) is 0.667. The molecular formula is C15H22N2O2S. The number of likely N-dealkylation sites (tertiary alicyclic amines) is 1. The first-order valence-electron chi connectivity index (χ1n) is 7.48. The third-order valence-corrected chi connectivity index (χ3v) is 5.23. The van der Waals surface area contributed by atoms with Gasteiger partial charge < -0.3 is 15.0 Å². The molecule has 110 valence electrons. The number of hydrogen-bond donors (Lipinski definition) is 1. The number of nitrogens with one attached hydrogen (secondary N) is 1. The van der Waals surface area contributed by atoms with Gasteiger partial charge in [-0.15, -0.1) is 11.3 Å². The molecule has 20 heavy (non-hydrogen) atoms. The summed E-state index contributed by atoms with van der Waals surface area (Å²) in [5.41, 5.74) is 0. The van der Waals surface area contributed by atoms with Crippen LogP contribution >= 0.6 is 11.3 Å². The Bertz CT molecular complexity index is 443. The van der Waals surface area contributed by atoms with E-state index in [4.69, 9.17) is 4.74 Å². The molecule has 0 saturated carbocycles. The van der Waals surface area contributed by atoms with Crippen molar-refractivity contribution in [3.8, 4) is 0 Å². The van der Waals surface area contributed by atoms with E-state index in [9.17, 15) is 4.79 Å². The van der Waals surface area contributed by atoms with Gasteiger partial charge in [-0.2, -0.15) is 0 Å². The molecule has 2 saturated heterocycles. The van der Waals surface area contributed by atoms with Crippen LogP contribution in [0.4, 0.5) is 4.79 Å². The van der Waals surface area contributed by atoms with Gasteiger partial charge in [-0.3, -0.25) is 0 Å². The highest BCUT2D eigenvalue weighted by molar-refractivity contribution is 7.10. The highest BCUT2D eigenvalue weighted by Gasteiger charge is 2.32. The maximum Gasteiger partial charge on any atom is 0.318 e. The van der Waals surface area contributed by atoms with Crippen molar-refractivity contribution < 1.29 is 9.53 Å². The SMILES string of the molecule is CC(NC(=O)N1CCCC1c1cccs1)C1CCCO1. The second kappa shape index (κ2) is 6.14. The van der Waals surface area contributed by atoms with E-state index in [-0.39, 0.29) is 24.2 Å². The summed E-state index contributed by atoms with van der Waals surface area (Å²) in [6.07, 6.45) is 4.50. The van der Waals surface area contributed by atoms with E-state index in [1.165, 1.54) is 4.88 Å². The molecule has 0 aromatic carbocycles. The van der Waals surface area contributed by atoms with Crippen molar-refractivity contribution in [3.63, 3.8) is 0 Å². The van der Waals surface area contributed by atoms with E-state index in [1.807, 2.05) is 11.8 Å². The molecule has 0 radical (unpaired) electrons. The first-order valence-corrected chi connectivity index (χ1v) is 8.36. The van der Waals surface area contributed by atoms with Gasteiger partial charge in [0.25, 0.3) is 0 Å². The van der Waals surface area contributed by atoms with Crippen molar-refractivity contribution in [3.05, 3.63) is 22.4 Å². The van der Waals surface area contributed by atoms with E-state index >= 15 is 0 Å². The zero-order chi connectivity index (χ0) is 13.9. The Balaban J connectivity index is 1.61. The first-order chi connectivity index (χ1) is 9.75. The fourth-order valence-electron chi connectivity index (χ4n) is 3.15. The van der Waals surface area contributed by atoms with Crippen molar-refractivity contribution in [2.24, 2.45) is 0 Å². The molecule has 3 heterocycles. The number of urea groups is 1. The van der Waals surface area contributed by atoms with E-state index < -0.39 is 0 Å². The number of carbonyl (C=O) groups is 1. The van der Waals surface area contributed by atoms with Crippen LogP contribution in [-0.4, -0.2) is 36.2 Å². The Hall–Kier alpha value is -1.07. The quantitative estimate of drug-likeness (QED) is 0.930. The average molecular weight is 294 g/mol. The van der Waals surface area contributed by atoms with Crippen LogP contribution < -0.4 is 5.32 Å². The van der Waals surface area contributed by atoms with E-state index in [2.05, 4.69) is 22.8 Å². The summed E-state index contributed by atoms with van der Waals surface area (Å²) in [6, 6.07) is 4.60. The maximum absolute atomic E-state index is 12.5. The lowest BCUT2D eigenvalue weighted by Gasteiger charge is -2.28. The molecular weight excluding hydrogens is 272 g/mol. The molecule has 0 spiro atoms. The third kappa shape index (κ3) is 2.83. The molecule has 2 aliphatic heterocycles. The van der Waals surface area contributed by atoms with Gasteiger partial charge in [0.2, 0.25) is 0 Å². The zero-order valence-corrected chi connectivity index (χ0v) is 12.7.